The monoisotopic (exact) mass is 438 g/mol. The number of rotatable bonds is 10. The number of unbranched alkanes of at least 4 members (excludes halogenated alkanes) is 1. The third kappa shape index (κ3) is 7.19. The summed E-state index contributed by atoms with van der Waals surface area (Å²) in [6.07, 6.45) is 3.05. The number of hydrogen-bond donors (Lipinski definition) is 0. The van der Waals surface area contributed by atoms with Gasteiger partial charge in [0.25, 0.3) is 0 Å². The Balaban J connectivity index is 2.54. The quantitative estimate of drug-likeness (QED) is 0.229. The van der Waals surface area contributed by atoms with Crippen LogP contribution in [0, 0.1) is 0 Å². The summed E-state index contributed by atoms with van der Waals surface area (Å²) in [5.41, 5.74) is 0.208. The van der Waals surface area contributed by atoms with Gasteiger partial charge in [0.1, 0.15) is 5.75 Å². The first-order valence-electron chi connectivity index (χ1n) is 7.35. The lowest BCUT2D eigenvalue weighted by atomic mass is 10.1. The Labute approximate surface area is 149 Å². The van der Waals surface area contributed by atoms with Crippen LogP contribution in [0.4, 0.5) is 0 Å². The molecule has 0 heterocycles. The Hall–Kier alpha value is -0.470. The number of esters is 1. The first-order chi connectivity index (χ1) is 10.5. The van der Waals surface area contributed by atoms with Gasteiger partial charge in [-0.15, -0.1) is 0 Å². The van der Waals surface area contributed by atoms with Crippen molar-refractivity contribution in [2.45, 2.75) is 45.6 Å². The van der Waals surface area contributed by atoms with Crippen molar-refractivity contribution in [1.82, 2.24) is 0 Å². The number of hydrogen-bond acceptors (Lipinski definition) is 5. The molecule has 0 unspecified atom stereocenters. The summed E-state index contributed by atoms with van der Waals surface area (Å²) in [5, 5.41) is 0. The molecule has 1 aromatic carbocycles. The van der Waals surface area contributed by atoms with Crippen LogP contribution in [0.3, 0.4) is 0 Å². The molecule has 1 aromatic rings. The van der Waals surface area contributed by atoms with Crippen LogP contribution in [-0.2, 0) is 20.1 Å². The normalized spacial score (nSPS) is 11.3. The summed E-state index contributed by atoms with van der Waals surface area (Å²) < 4.78 is 16.1. The zero-order valence-corrected chi connectivity index (χ0v) is 16.2. The molecule has 0 bridgehead atoms. The predicted molar refractivity (Wildman–Crippen MR) is 98.3 cm³/mol. The molecule has 0 radical (unpaired) electrons. The van der Waals surface area contributed by atoms with E-state index in [0.29, 0.717) is 12.4 Å². The Morgan fingerprint density at radius 1 is 1.32 bits per heavy atom. The van der Waals surface area contributed by atoms with E-state index in [0.717, 1.165) is 25.9 Å². The fourth-order valence-corrected chi connectivity index (χ4v) is 2.65. The molecule has 0 aromatic heterocycles. The first-order valence-corrected chi connectivity index (χ1v) is 10.6. The number of carbonyl (C=O) groups is 1. The van der Waals surface area contributed by atoms with Gasteiger partial charge in [-0.1, -0.05) is 12.1 Å². The molecule has 0 saturated heterocycles. The molecule has 1 rings (SSSR count). The van der Waals surface area contributed by atoms with Crippen LogP contribution < -0.4 is 4.74 Å². The van der Waals surface area contributed by atoms with Gasteiger partial charge in [-0.2, -0.15) is 0 Å². The second kappa shape index (κ2) is 10.3. The van der Waals surface area contributed by atoms with Gasteiger partial charge in [0, 0.05) is 21.2 Å². The van der Waals surface area contributed by atoms with Gasteiger partial charge in [0.05, 0.1) is 22.4 Å². The average molecular weight is 438 g/mol. The summed E-state index contributed by atoms with van der Waals surface area (Å²) in [6.45, 7) is 6.34. The maximum atomic E-state index is 11.9. The highest BCUT2D eigenvalue weighted by Gasteiger charge is 2.31. The van der Waals surface area contributed by atoms with Crippen molar-refractivity contribution in [2.24, 2.45) is 0 Å². The van der Waals surface area contributed by atoms with E-state index < -0.39 is 5.60 Å². The van der Waals surface area contributed by atoms with Crippen molar-refractivity contribution in [3.8, 4) is 5.75 Å². The number of carbonyl (C=O) groups excluding carboxylic acids is 1. The van der Waals surface area contributed by atoms with Gasteiger partial charge in [0.15, 0.2) is 5.60 Å². The number of ether oxygens (including phenoxy) is 2. The third-order valence-electron chi connectivity index (χ3n) is 3.03. The number of halogens is 1. The maximum absolute atomic E-state index is 11.9. The predicted octanol–water partition coefficient (Wildman–Crippen LogP) is 4.74. The minimum Gasteiger partial charge on any atom is -0.476 e. The van der Waals surface area contributed by atoms with Crippen LogP contribution in [-0.4, -0.2) is 24.8 Å². The number of benzene rings is 1. The second-order valence-electron chi connectivity index (χ2n) is 5.32. The molecule has 0 amide bonds. The van der Waals surface area contributed by atoms with E-state index in [1.54, 1.807) is 20.8 Å². The second-order valence-corrected chi connectivity index (χ2v) is 6.76. The zero-order chi connectivity index (χ0) is 16.4. The minimum atomic E-state index is -0.986. The summed E-state index contributed by atoms with van der Waals surface area (Å²) in [4.78, 5) is 11.9. The van der Waals surface area contributed by atoms with E-state index in [9.17, 15) is 4.79 Å². The van der Waals surface area contributed by atoms with E-state index >= 15 is 0 Å². The Kier molecular flexibility index (Phi) is 9.19. The Morgan fingerprint density at radius 2 is 2.09 bits per heavy atom. The van der Waals surface area contributed by atoms with E-state index in [-0.39, 0.29) is 5.97 Å². The maximum Gasteiger partial charge on any atom is 0.349 e. The van der Waals surface area contributed by atoms with Gasteiger partial charge in [-0.25, -0.2) is 4.79 Å². The molecule has 124 valence electrons. The Bertz CT molecular complexity index is 465. The fraction of sp³-hybridized carbons (Fsp3) is 0.562. The molecule has 0 aliphatic carbocycles. The van der Waals surface area contributed by atoms with E-state index in [1.165, 1.54) is 14.8 Å². The van der Waals surface area contributed by atoms with Gasteiger partial charge in [-0.05, 0) is 57.7 Å². The number of aryl methyl sites for hydroxylation is 1. The fourth-order valence-electron chi connectivity index (χ4n) is 1.93. The van der Waals surface area contributed by atoms with Gasteiger partial charge in [0.2, 0.25) is 0 Å². The molecule has 0 spiro atoms. The van der Waals surface area contributed by atoms with Crippen LogP contribution >= 0.6 is 30.4 Å². The van der Waals surface area contributed by atoms with Crippen LogP contribution in [0.5, 0.6) is 5.75 Å². The smallest absolute Gasteiger partial charge is 0.349 e. The first kappa shape index (κ1) is 19.6. The molecular weight excluding hydrogens is 415 g/mol. The molecule has 0 fully saturated rings. The molecule has 4 nitrogen and oxygen atoms in total. The third-order valence-corrected chi connectivity index (χ3v) is 4.04. The summed E-state index contributed by atoms with van der Waals surface area (Å²) in [7, 11) is 1.37. The lowest BCUT2D eigenvalue weighted by molar-refractivity contribution is -0.158. The largest absolute Gasteiger partial charge is 0.476 e. The van der Waals surface area contributed by atoms with E-state index in [4.69, 9.17) is 13.7 Å². The van der Waals surface area contributed by atoms with Crippen molar-refractivity contribution >= 4 is 36.4 Å². The summed E-state index contributed by atoms with van der Waals surface area (Å²) in [6, 6.07) is 7.86. The van der Waals surface area contributed by atoms with Crippen LogP contribution in [0.1, 0.15) is 39.2 Å². The molecule has 22 heavy (non-hydrogen) atoms. The lowest BCUT2D eigenvalue weighted by Gasteiger charge is -2.24. The van der Waals surface area contributed by atoms with Crippen molar-refractivity contribution in [2.75, 3.05) is 13.2 Å². The van der Waals surface area contributed by atoms with Gasteiger partial charge >= 0.3 is 5.97 Å². The molecule has 0 N–H and O–H groups in total. The van der Waals surface area contributed by atoms with Gasteiger partial charge in [-0.3, -0.25) is 0 Å². The average Bonchev–Trinajstić information content (AvgIpc) is 2.47. The van der Waals surface area contributed by atoms with Crippen molar-refractivity contribution in [3.63, 3.8) is 0 Å². The molecule has 0 aliphatic rings. The molecular formula is C16H23IO4S. The minimum absolute atomic E-state index is 0.350. The molecule has 0 aliphatic heterocycles. The van der Waals surface area contributed by atoms with Gasteiger partial charge < -0.3 is 13.7 Å². The molecule has 0 atom stereocenters. The summed E-state index contributed by atoms with van der Waals surface area (Å²) >= 11 is 2.12. The van der Waals surface area contributed by atoms with Crippen LogP contribution in [0.15, 0.2) is 24.3 Å². The topological polar surface area (TPSA) is 44.8 Å². The van der Waals surface area contributed by atoms with Crippen molar-refractivity contribution in [1.29, 1.82) is 0 Å². The standard InChI is InChI=1S/C16H23IO4S/c1-4-19-15(18)16(2,3)21-14-10-7-9-13(12-14)8-5-6-11-20-22-17/h7,9-10,12H,4-6,8,11H2,1-3H3. The highest BCUT2D eigenvalue weighted by atomic mass is 127. The van der Waals surface area contributed by atoms with E-state index in [1.807, 2.05) is 18.2 Å². The summed E-state index contributed by atoms with van der Waals surface area (Å²) in [5.74, 6) is 0.337. The highest BCUT2D eigenvalue weighted by molar-refractivity contribution is 14.2. The SMILES string of the molecule is CCOC(=O)C(C)(C)Oc1cccc(CCCCOSI)c1. The van der Waals surface area contributed by atoms with Crippen molar-refractivity contribution in [3.05, 3.63) is 29.8 Å². The Morgan fingerprint density at radius 3 is 2.77 bits per heavy atom. The molecule has 6 heteroatoms. The van der Waals surface area contributed by atoms with E-state index in [2.05, 4.69) is 27.3 Å². The van der Waals surface area contributed by atoms with Crippen molar-refractivity contribution < 1.29 is 18.5 Å². The zero-order valence-electron chi connectivity index (χ0n) is 13.3. The van der Waals surface area contributed by atoms with Crippen LogP contribution in [0.2, 0.25) is 0 Å². The lowest BCUT2D eigenvalue weighted by Crippen LogP contribution is -2.39. The molecule has 0 saturated carbocycles. The highest BCUT2D eigenvalue weighted by Crippen LogP contribution is 2.22. The van der Waals surface area contributed by atoms with Crippen LogP contribution in [0.25, 0.3) is 0 Å².